The molecular formula is C15H15ClN2O. The molecule has 2 aromatic rings. The van der Waals surface area contributed by atoms with Crippen molar-refractivity contribution in [1.82, 2.24) is 0 Å². The molecule has 0 saturated heterocycles. The van der Waals surface area contributed by atoms with Crippen LogP contribution in [0.2, 0.25) is 5.02 Å². The molecule has 2 aromatic carbocycles. The number of halogens is 1. The Morgan fingerprint density at radius 1 is 1.11 bits per heavy atom. The fourth-order valence-corrected chi connectivity index (χ4v) is 1.87. The zero-order valence-electron chi connectivity index (χ0n) is 10.9. The second kappa shape index (κ2) is 5.76. The molecule has 98 valence electrons. The second-order valence-corrected chi connectivity index (χ2v) is 4.79. The highest BCUT2D eigenvalue weighted by Gasteiger charge is 2.09. The first-order valence-corrected chi connectivity index (χ1v) is 6.29. The van der Waals surface area contributed by atoms with Gasteiger partial charge in [-0.3, -0.25) is 4.79 Å². The predicted octanol–water partition coefficient (Wildman–Crippen LogP) is 3.66. The van der Waals surface area contributed by atoms with E-state index in [0.717, 1.165) is 5.69 Å². The predicted molar refractivity (Wildman–Crippen MR) is 80.2 cm³/mol. The lowest BCUT2D eigenvalue weighted by atomic mass is 10.1. The van der Waals surface area contributed by atoms with Crippen LogP contribution in [0, 0.1) is 0 Å². The van der Waals surface area contributed by atoms with Gasteiger partial charge in [-0.1, -0.05) is 29.8 Å². The smallest absolute Gasteiger partial charge is 0.255 e. The number of hydrogen-bond donors (Lipinski definition) is 1. The number of para-hydroxylation sites is 1. The summed E-state index contributed by atoms with van der Waals surface area (Å²) in [5.41, 5.74) is 2.20. The molecule has 0 aliphatic heterocycles. The molecule has 4 heteroatoms. The van der Waals surface area contributed by atoms with E-state index in [4.69, 9.17) is 11.6 Å². The third-order valence-corrected chi connectivity index (χ3v) is 3.08. The molecule has 0 aliphatic rings. The highest BCUT2D eigenvalue weighted by atomic mass is 35.5. The minimum atomic E-state index is -0.170. The summed E-state index contributed by atoms with van der Waals surface area (Å²) in [6.45, 7) is 0. The number of amides is 1. The van der Waals surface area contributed by atoms with Gasteiger partial charge in [0.1, 0.15) is 0 Å². The minimum absolute atomic E-state index is 0.170. The van der Waals surface area contributed by atoms with Gasteiger partial charge in [0.15, 0.2) is 0 Å². The van der Waals surface area contributed by atoms with Crippen molar-refractivity contribution < 1.29 is 4.79 Å². The van der Waals surface area contributed by atoms with Crippen LogP contribution in [0.4, 0.5) is 11.4 Å². The maximum absolute atomic E-state index is 12.2. The first kappa shape index (κ1) is 13.4. The highest BCUT2D eigenvalue weighted by molar-refractivity contribution is 6.33. The average molecular weight is 275 g/mol. The van der Waals surface area contributed by atoms with E-state index >= 15 is 0 Å². The summed E-state index contributed by atoms with van der Waals surface area (Å²) >= 11 is 6.01. The summed E-state index contributed by atoms with van der Waals surface area (Å²) in [4.78, 5) is 14.1. The van der Waals surface area contributed by atoms with Crippen LogP contribution in [-0.4, -0.2) is 20.0 Å². The largest absolute Gasteiger partial charge is 0.378 e. The van der Waals surface area contributed by atoms with Crippen LogP contribution in [0.3, 0.4) is 0 Å². The van der Waals surface area contributed by atoms with Crippen molar-refractivity contribution in [3.8, 4) is 0 Å². The summed E-state index contributed by atoms with van der Waals surface area (Å²) in [6.07, 6.45) is 0. The summed E-state index contributed by atoms with van der Waals surface area (Å²) in [6, 6.07) is 14.6. The molecule has 1 N–H and O–H groups in total. The quantitative estimate of drug-likeness (QED) is 0.926. The van der Waals surface area contributed by atoms with Gasteiger partial charge in [-0.25, -0.2) is 0 Å². The number of anilines is 2. The van der Waals surface area contributed by atoms with Crippen LogP contribution >= 0.6 is 11.6 Å². The minimum Gasteiger partial charge on any atom is -0.378 e. The Morgan fingerprint density at radius 2 is 1.84 bits per heavy atom. The zero-order chi connectivity index (χ0) is 13.8. The molecule has 2 rings (SSSR count). The van der Waals surface area contributed by atoms with Crippen LogP contribution in [0.15, 0.2) is 48.5 Å². The van der Waals surface area contributed by atoms with E-state index in [1.165, 1.54) is 0 Å². The lowest BCUT2D eigenvalue weighted by Crippen LogP contribution is -2.14. The Morgan fingerprint density at radius 3 is 2.53 bits per heavy atom. The monoisotopic (exact) mass is 274 g/mol. The van der Waals surface area contributed by atoms with E-state index in [2.05, 4.69) is 5.32 Å². The molecule has 0 aliphatic carbocycles. The summed E-state index contributed by atoms with van der Waals surface area (Å²) in [5.74, 6) is -0.170. The van der Waals surface area contributed by atoms with E-state index < -0.39 is 0 Å². The van der Waals surface area contributed by atoms with Gasteiger partial charge >= 0.3 is 0 Å². The van der Waals surface area contributed by atoms with Crippen LogP contribution in [0.25, 0.3) is 0 Å². The molecule has 0 aromatic heterocycles. The van der Waals surface area contributed by atoms with Crippen molar-refractivity contribution in [2.24, 2.45) is 0 Å². The molecule has 0 unspecified atom stereocenters. The van der Waals surface area contributed by atoms with E-state index in [1.54, 1.807) is 18.2 Å². The molecule has 0 atom stereocenters. The van der Waals surface area contributed by atoms with Gasteiger partial charge in [-0.05, 0) is 30.3 Å². The van der Waals surface area contributed by atoms with Crippen molar-refractivity contribution in [3.63, 3.8) is 0 Å². The molecule has 0 heterocycles. The fraction of sp³-hybridized carbons (Fsp3) is 0.133. The van der Waals surface area contributed by atoms with Crippen molar-refractivity contribution in [2.45, 2.75) is 0 Å². The Bertz CT molecular complexity index is 596. The SMILES string of the molecule is CN(C)c1cccc(C(=O)Nc2ccccc2Cl)c1. The highest BCUT2D eigenvalue weighted by Crippen LogP contribution is 2.22. The Balaban J connectivity index is 2.21. The average Bonchev–Trinajstić information content (AvgIpc) is 2.41. The van der Waals surface area contributed by atoms with E-state index in [9.17, 15) is 4.79 Å². The molecule has 3 nitrogen and oxygen atoms in total. The fourth-order valence-electron chi connectivity index (χ4n) is 1.68. The normalized spacial score (nSPS) is 10.1. The number of nitrogens with one attached hydrogen (secondary N) is 1. The molecule has 0 saturated carbocycles. The standard InChI is InChI=1S/C15H15ClN2O/c1-18(2)12-7-5-6-11(10-12)15(19)17-14-9-4-3-8-13(14)16/h3-10H,1-2H3,(H,17,19). The van der Waals surface area contributed by atoms with Crippen molar-refractivity contribution in [3.05, 3.63) is 59.1 Å². The number of benzene rings is 2. The van der Waals surface area contributed by atoms with Crippen LogP contribution in [0.1, 0.15) is 10.4 Å². The lowest BCUT2D eigenvalue weighted by molar-refractivity contribution is 0.102. The van der Waals surface area contributed by atoms with Crippen molar-refractivity contribution in [2.75, 3.05) is 24.3 Å². The first-order valence-electron chi connectivity index (χ1n) is 5.91. The van der Waals surface area contributed by atoms with Crippen molar-refractivity contribution >= 4 is 28.9 Å². The van der Waals surface area contributed by atoms with Gasteiger partial charge in [-0.2, -0.15) is 0 Å². The van der Waals surface area contributed by atoms with Crippen LogP contribution in [-0.2, 0) is 0 Å². The maximum Gasteiger partial charge on any atom is 0.255 e. The Labute approximate surface area is 117 Å². The van der Waals surface area contributed by atoms with Gasteiger partial charge < -0.3 is 10.2 Å². The Kier molecular flexibility index (Phi) is 4.07. The van der Waals surface area contributed by atoms with Crippen LogP contribution in [0.5, 0.6) is 0 Å². The summed E-state index contributed by atoms with van der Waals surface area (Å²) in [5, 5.41) is 3.33. The number of carbonyl (C=O) groups is 1. The molecule has 0 fully saturated rings. The molecular weight excluding hydrogens is 260 g/mol. The third kappa shape index (κ3) is 3.26. The van der Waals surface area contributed by atoms with Gasteiger partial charge in [0, 0.05) is 25.3 Å². The number of rotatable bonds is 3. The van der Waals surface area contributed by atoms with Crippen molar-refractivity contribution in [1.29, 1.82) is 0 Å². The summed E-state index contributed by atoms with van der Waals surface area (Å²) in [7, 11) is 3.87. The zero-order valence-corrected chi connectivity index (χ0v) is 11.6. The van der Waals surface area contributed by atoms with Gasteiger partial charge in [-0.15, -0.1) is 0 Å². The summed E-state index contributed by atoms with van der Waals surface area (Å²) < 4.78 is 0. The molecule has 0 spiro atoms. The van der Waals surface area contributed by atoms with E-state index in [0.29, 0.717) is 16.3 Å². The molecule has 0 bridgehead atoms. The van der Waals surface area contributed by atoms with E-state index in [-0.39, 0.29) is 5.91 Å². The Hall–Kier alpha value is -2.00. The van der Waals surface area contributed by atoms with Crippen LogP contribution < -0.4 is 10.2 Å². The topological polar surface area (TPSA) is 32.3 Å². The van der Waals surface area contributed by atoms with Gasteiger partial charge in [0.2, 0.25) is 0 Å². The number of hydrogen-bond acceptors (Lipinski definition) is 2. The second-order valence-electron chi connectivity index (χ2n) is 4.38. The number of nitrogens with zero attached hydrogens (tertiary/aromatic N) is 1. The van der Waals surface area contributed by atoms with Gasteiger partial charge in [0.05, 0.1) is 10.7 Å². The third-order valence-electron chi connectivity index (χ3n) is 2.75. The van der Waals surface area contributed by atoms with E-state index in [1.807, 2.05) is 49.3 Å². The first-order chi connectivity index (χ1) is 9.08. The maximum atomic E-state index is 12.2. The molecule has 19 heavy (non-hydrogen) atoms. The lowest BCUT2D eigenvalue weighted by Gasteiger charge is -2.13. The molecule has 1 amide bonds. The molecule has 0 radical (unpaired) electrons. The van der Waals surface area contributed by atoms with Gasteiger partial charge in [0.25, 0.3) is 5.91 Å². The number of carbonyl (C=O) groups excluding carboxylic acids is 1.